The molecule has 0 unspecified atom stereocenters. The molecule has 0 aliphatic rings. The molecule has 0 radical (unpaired) electrons. The van der Waals surface area contributed by atoms with Gasteiger partial charge in [0.2, 0.25) is 11.8 Å². The topological polar surface area (TPSA) is 86.9 Å². The zero-order valence-corrected chi connectivity index (χ0v) is 15.9. The number of aromatic nitrogens is 2. The van der Waals surface area contributed by atoms with E-state index in [1.165, 1.54) is 6.92 Å². The van der Waals surface area contributed by atoms with E-state index in [-0.39, 0.29) is 18.2 Å². The molecule has 29 heavy (non-hydrogen) atoms. The van der Waals surface area contributed by atoms with Crippen LogP contribution in [0.3, 0.4) is 0 Å². The van der Waals surface area contributed by atoms with Gasteiger partial charge in [0.05, 0.1) is 23.1 Å². The Morgan fingerprint density at radius 2 is 1.62 bits per heavy atom. The van der Waals surface area contributed by atoms with E-state index in [0.717, 1.165) is 22.2 Å². The molecule has 6 nitrogen and oxygen atoms in total. The third-order valence-corrected chi connectivity index (χ3v) is 4.48. The van der Waals surface area contributed by atoms with E-state index < -0.39 is 0 Å². The minimum atomic E-state index is -0.127. The van der Waals surface area contributed by atoms with Gasteiger partial charge in [-0.25, -0.2) is 4.98 Å². The largest absolute Gasteiger partial charge is 0.338 e. The lowest BCUT2D eigenvalue weighted by Crippen LogP contribution is -2.15. The minimum absolute atomic E-state index is 0.124. The monoisotopic (exact) mass is 384 g/mol. The quantitative estimate of drug-likeness (QED) is 0.477. The number of anilines is 2. The van der Waals surface area contributed by atoms with Crippen molar-refractivity contribution in [3.63, 3.8) is 0 Å². The minimum Gasteiger partial charge on any atom is -0.338 e. The Hall–Kier alpha value is -3.93. The number of amides is 2. The second-order valence-electron chi connectivity index (χ2n) is 6.75. The van der Waals surface area contributed by atoms with Gasteiger partial charge >= 0.3 is 0 Å². The van der Waals surface area contributed by atoms with Crippen LogP contribution in [-0.4, -0.2) is 21.8 Å². The summed E-state index contributed by atoms with van der Waals surface area (Å²) in [4.78, 5) is 31.6. The molecular formula is C23H20N4O2. The van der Waals surface area contributed by atoms with Gasteiger partial charge in [-0.3, -0.25) is 9.59 Å². The number of hydrogen-bond donors (Lipinski definition) is 3. The molecule has 0 aliphatic heterocycles. The summed E-state index contributed by atoms with van der Waals surface area (Å²) in [5.41, 5.74) is 4.92. The molecule has 0 atom stereocenters. The highest BCUT2D eigenvalue weighted by Crippen LogP contribution is 2.27. The molecule has 144 valence electrons. The van der Waals surface area contributed by atoms with E-state index in [2.05, 4.69) is 20.6 Å². The molecular weight excluding hydrogens is 364 g/mol. The second kappa shape index (κ2) is 7.98. The third-order valence-electron chi connectivity index (χ3n) is 4.48. The van der Waals surface area contributed by atoms with E-state index in [9.17, 15) is 9.59 Å². The predicted octanol–water partition coefficient (Wildman–Crippen LogP) is 4.37. The zero-order valence-electron chi connectivity index (χ0n) is 15.9. The molecule has 6 heteroatoms. The molecule has 1 heterocycles. The van der Waals surface area contributed by atoms with Crippen molar-refractivity contribution in [1.82, 2.24) is 9.97 Å². The molecule has 2 amide bonds. The Morgan fingerprint density at radius 3 is 2.38 bits per heavy atom. The van der Waals surface area contributed by atoms with Crippen molar-refractivity contribution < 1.29 is 9.59 Å². The normalized spacial score (nSPS) is 10.7. The van der Waals surface area contributed by atoms with Crippen molar-refractivity contribution in [1.29, 1.82) is 0 Å². The van der Waals surface area contributed by atoms with Crippen LogP contribution >= 0.6 is 0 Å². The number of H-pyrrole nitrogens is 1. The molecule has 0 saturated heterocycles. The lowest BCUT2D eigenvalue weighted by atomic mass is 10.1. The first-order valence-corrected chi connectivity index (χ1v) is 9.29. The maximum Gasteiger partial charge on any atom is 0.228 e. The molecule has 4 rings (SSSR count). The van der Waals surface area contributed by atoms with Crippen LogP contribution in [0.2, 0.25) is 0 Å². The molecule has 0 spiro atoms. The van der Waals surface area contributed by atoms with Crippen LogP contribution < -0.4 is 10.6 Å². The average molecular weight is 384 g/mol. The van der Waals surface area contributed by atoms with E-state index in [1.54, 1.807) is 12.1 Å². The van der Waals surface area contributed by atoms with Gasteiger partial charge in [-0.05, 0) is 42.0 Å². The number of benzene rings is 3. The van der Waals surface area contributed by atoms with Gasteiger partial charge in [0, 0.05) is 18.2 Å². The number of fused-ring (bicyclic) bond motifs is 1. The first kappa shape index (κ1) is 18.4. The van der Waals surface area contributed by atoms with Crippen molar-refractivity contribution in [2.75, 3.05) is 10.6 Å². The Labute approximate surface area is 168 Å². The van der Waals surface area contributed by atoms with Crippen LogP contribution in [0.4, 0.5) is 11.4 Å². The molecule has 0 aliphatic carbocycles. The van der Waals surface area contributed by atoms with Gasteiger partial charge in [-0.1, -0.05) is 36.4 Å². The van der Waals surface area contributed by atoms with Crippen molar-refractivity contribution >= 4 is 34.2 Å². The Morgan fingerprint density at radius 1 is 0.897 bits per heavy atom. The first-order chi connectivity index (χ1) is 14.1. The molecule has 3 N–H and O–H groups in total. The van der Waals surface area contributed by atoms with E-state index in [0.29, 0.717) is 17.2 Å². The number of hydrogen-bond acceptors (Lipinski definition) is 3. The lowest BCUT2D eigenvalue weighted by molar-refractivity contribution is -0.116. The zero-order chi connectivity index (χ0) is 20.2. The summed E-state index contributed by atoms with van der Waals surface area (Å²) in [5, 5.41) is 5.69. The summed E-state index contributed by atoms with van der Waals surface area (Å²) in [7, 11) is 0. The first-order valence-electron chi connectivity index (χ1n) is 9.29. The standard InChI is InChI=1S/C23H20N4O2/c1-15(28)24-17-12-10-16(11-13-17)14-22(29)25-19-7-3-2-6-18(19)23-26-20-8-4-5-9-21(20)27-23/h2-13H,14H2,1H3,(H,24,28)(H,25,29)(H,26,27). The van der Waals surface area contributed by atoms with Crippen LogP contribution in [0.25, 0.3) is 22.4 Å². The number of carbonyl (C=O) groups excluding carboxylic acids is 2. The Bertz CT molecular complexity index is 1150. The summed E-state index contributed by atoms with van der Waals surface area (Å²) in [5.74, 6) is 0.459. The van der Waals surface area contributed by atoms with Gasteiger partial charge in [-0.2, -0.15) is 0 Å². The fraction of sp³-hybridized carbons (Fsp3) is 0.0870. The number of nitrogens with one attached hydrogen (secondary N) is 3. The highest BCUT2D eigenvalue weighted by molar-refractivity contribution is 5.96. The van der Waals surface area contributed by atoms with Crippen LogP contribution in [-0.2, 0) is 16.0 Å². The number of nitrogens with zero attached hydrogens (tertiary/aromatic N) is 1. The molecule has 1 aromatic heterocycles. The van der Waals surface area contributed by atoms with Gasteiger partial charge in [0.15, 0.2) is 0 Å². The molecule has 0 bridgehead atoms. The fourth-order valence-corrected chi connectivity index (χ4v) is 3.17. The van der Waals surface area contributed by atoms with E-state index in [1.807, 2.05) is 60.7 Å². The number of rotatable bonds is 5. The maximum atomic E-state index is 12.6. The Balaban J connectivity index is 1.51. The van der Waals surface area contributed by atoms with E-state index >= 15 is 0 Å². The summed E-state index contributed by atoms with van der Waals surface area (Å²) in [6, 6.07) is 22.6. The van der Waals surface area contributed by atoms with Crippen LogP contribution in [0.1, 0.15) is 12.5 Å². The van der Waals surface area contributed by atoms with Crippen LogP contribution in [0, 0.1) is 0 Å². The predicted molar refractivity (Wildman–Crippen MR) is 115 cm³/mol. The molecule has 4 aromatic rings. The van der Waals surface area contributed by atoms with E-state index in [4.69, 9.17) is 0 Å². The molecule has 3 aromatic carbocycles. The van der Waals surface area contributed by atoms with Crippen molar-refractivity contribution in [3.8, 4) is 11.4 Å². The van der Waals surface area contributed by atoms with Crippen LogP contribution in [0.5, 0.6) is 0 Å². The number of imidazole rings is 1. The summed E-state index contributed by atoms with van der Waals surface area (Å²) < 4.78 is 0. The smallest absolute Gasteiger partial charge is 0.228 e. The summed E-state index contributed by atoms with van der Waals surface area (Å²) >= 11 is 0. The molecule has 0 fully saturated rings. The number of para-hydroxylation sites is 3. The average Bonchev–Trinajstić information content (AvgIpc) is 3.13. The SMILES string of the molecule is CC(=O)Nc1ccc(CC(=O)Nc2ccccc2-c2nc3ccccc3[nH]2)cc1. The fourth-order valence-electron chi connectivity index (χ4n) is 3.17. The van der Waals surface area contributed by atoms with Crippen molar-refractivity contribution in [3.05, 3.63) is 78.4 Å². The Kier molecular flexibility index (Phi) is 5.07. The maximum absolute atomic E-state index is 12.6. The van der Waals surface area contributed by atoms with Crippen LogP contribution in [0.15, 0.2) is 72.8 Å². The highest BCUT2D eigenvalue weighted by atomic mass is 16.2. The van der Waals surface area contributed by atoms with Gasteiger partial charge in [0.1, 0.15) is 5.82 Å². The van der Waals surface area contributed by atoms with Gasteiger partial charge < -0.3 is 15.6 Å². The summed E-state index contributed by atoms with van der Waals surface area (Å²) in [6.45, 7) is 1.46. The second-order valence-corrected chi connectivity index (χ2v) is 6.75. The third kappa shape index (κ3) is 4.32. The summed E-state index contributed by atoms with van der Waals surface area (Å²) in [6.07, 6.45) is 0.231. The highest BCUT2D eigenvalue weighted by Gasteiger charge is 2.12. The molecule has 0 saturated carbocycles. The van der Waals surface area contributed by atoms with Crippen molar-refractivity contribution in [2.45, 2.75) is 13.3 Å². The van der Waals surface area contributed by atoms with Gasteiger partial charge in [0.25, 0.3) is 0 Å². The van der Waals surface area contributed by atoms with Crippen molar-refractivity contribution in [2.24, 2.45) is 0 Å². The number of aromatic amines is 1. The lowest BCUT2D eigenvalue weighted by Gasteiger charge is -2.10. The van der Waals surface area contributed by atoms with Gasteiger partial charge in [-0.15, -0.1) is 0 Å². The number of carbonyl (C=O) groups is 2.